The first-order valence-corrected chi connectivity index (χ1v) is 4.33. The third kappa shape index (κ3) is 1.13. The van der Waals surface area contributed by atoms with E-state index in [1.165, 1.54) is 0 Å². The van der Waals surface area contributed by atoms with E-state index >= 15 is 0 Å². The van der Waals surface area contributed by atoms with Crippen LogP contribution in [0, 0.1) is 0 Å². The van der Waals surface area contributed by atoms with Crippen LogP contribution in [0.4, 0.5) is 0 Å². The Morgan fingerprint density at radius 2 is 2.42 bits per heavy atom. The predicted octanol–water partition coefficient (Wildman–Crippen LogP) is 0.831. The minimum Gasteiger partial charge on any atom is -0.495 e. The van der Waals surface area contributed by atoms with Crippen molar-refractivity contribution in [2.24, 2.45) is 0 Å². The summed E-state index contributed by atoms with van der Waals surface area (Å²) in [6, 6.07) is 0. The highest BCUT2D eigenvalue weighted by Gasteiger charge is 2.47. The van der Waals surface area contributed by atoms with Gasteiger partial charge < -0.3 is 14.6 Å². The van der Waals surface area contributed by atoms with E-state index in [4.69, 9.17) is 9.47 Å². The summed E-state index contributed by atoms with van der Waals surface area (Å²) in [5.74, 6) is 0.760. The molecule has 0 amide bonds. The molecule has 0 saturated heterocycles. The zero-order chi connectivity index (χ0) is 8.60. The molecule has 68 valence electrons. The fourth-order valence-electron chi connectivity index (χ4n) is 1.80. The van der Waals surface area contributed by atoms with Crippen LogP contribution < -0.4 is 0 Å². The molecule has 1 N–H and O–H groups in total. The number of methoxy groups -OCH3 is 1. The molecule has 2 rings (SSSR count). The third-order valence-electron chi connectivity index (χ3n) is 2.63. The summed E-state index contributed by atoms with van der Waals surface area (Å²) in [5, 5.41) is 9.94. The van der Waals surface area contributed by atoms with Crippen LogP contribution in [0.3, 0.4) is 0 Å². The maximum absolute atomic E-state index is 9.94. The number of aliphatic hydroxyl groups is 1. The highest BCUT2D eigenvalue weighted by molar-refractivity contribution is 5.19. The molecular formula is C9H14O3. The summed E-state index contributed by atoms with van der Waals surface area (Å²) < 4.78 is 10.4. The fourth-order valence-corrected chi connectivity index (χ4v) is 1.80. The summed E-state index contributed by atoms with van der Waals surface area (Å²) >= 11 is 0. The lowest BCUT2D eigenvalue weighted by molar-refractivity contribution is -0.125. The second-order valence-corrected chi connectivity index (χ2v) is 3.50. The zero-order valence-corrected chi connectivity index (χ0v) is 7.25. The molecule has 12 heavy (non-hydrogen) atoms. The molecule has 1 aliphatic heterocycles. The topological polar surface area (TPSA) is 38.7 Å². The number of hydrogen-bond donors (Lipinski definition) is 1. The minimum absolute atomic E-state index is 0.208. The first-order chi connectivity index (χ1) is 5.74. The molecule has 1 aliphatic carbocycles. The maximum atomic E-state index is 9.94. The highest BCUT2D eigenvalue weighted by atomic mass is 16.5. The lowest BCUT2D eigenvalue weighted by Crippen LogP contribution is -2.49. The van der Waals surface area contributed by atoms with Crippen molar-refractivity contribution in [1.82, 2.24) is 0 Å². The van der Waals surface area contributed by atoms with Crippen LogP contribution in [-0.4, -0.2) is 30.5 Å². The molecule has 0 bridgehead atoms. The molecule has 0 aromatic carbocycles. The Labute approximate surface area is 72.0 Å². The van der Waals surface area contributed by atoms with Crippen LogP contribution in [0.5, 0.6) is 0 Å². The quantitative estimate of drug-likeness (QED) is 0.667. The molecule has 0 spiro atoms. The molecular weight excluding hydrogens is 156 g/mol. The number of rotatable bonds is 2. The zero-order valence-electron chi connectivity index (χ0n) is 7.25. The van der Waals surface area contributed by atoms with Crippen LogP contribution in [-0.2, 0) is 9.47 Å². The van der Waals surface area contributed by atoms with Gasteiger partial charge in [0.15, 0.2) is 0 Å². The summed E-state index contributed by atoms with van der Waals surface area (Å²) in [7, 11) is 1.67. The van der Waals surface area contributed by atoms with E-state index in [-0.39, 0.29) is 6.10 Å². The fraction of sp³-hybridized carbons (Fsp3) is 0.778. The molecule has 1 fully saturated rings. The second kappa shape index (κ2) is 2.75. The van der Waals surface area contributed by atoms with Crippen molar-refractivity contribution >= 4 is 0 Å². The Morgan fingerprint density at radius 3 is 2.92 bits per heavy atom. The molecule has 0 aromatic rings. The van der Waals surface area contributed by atoms with Crippen LogP contribution in [0.25, 0.3) is 0 Å². The smallest absolute Gasteiger partial charge is 0.126 e. The first-order valence-electron chi connectivity index (χ1n) is 4.33. The van der Waals surface area contributed by atoms with E-state index in [1.54, 1.807) is 7.11 Å². The van der Waals surface area contributed by atoms with Gasteiger partial charge in [0, 0.05) is 26.4 Å². The van der Waals surface area contributed by atoms with Crippen molar-refractivity contribution in [2.45, 2.75) is 31.0 Å². The van der Waals surface area contributed by atoms with E-state index in [1.807, 2.05) is 6.08 Å². The van der Waals surface area contributed by atoms with Crippen molar-refractivity contribution in [3.8, 4) is 0 Å². The summed E-state index contributed by atoms with van der Waals surface area (Å²) in [4.78, 5) is 0. The Balaban J connectivity index is 1.96. The van der Waals surface area contributed by atoms with Gasteiger partial charge in [-0.3, -0.25) is 0 Å². The monoisotopic (exact) mass is 170 g/mol. The van der Waals surface area contributed by atoms with Crippen molar-refractivity contribution in [2.75, 3.05) is 13.7 Å². The Hall–Kier alpha value is -0.540. The Morgan fingerprint density at radius 1 is 1.67 bits per heavy atom. The summed E-state index contributed by atoms with van der Waals surface area (Å²) in [6.07, 6.45) is 4.46. The second-order valence-electron chi connectivity index (χ2n) is 3.50. The third-order valence-corrected chi connectivity index (χ3v) is 2.63. The van der Waals surface area contributed by atoms with Crippen molar-refractivity contribution < 1.29 is 14.6 Å². The molecule has 0 radical (unpaired) electrons. The summed E-state index contributed by atoms with van der Waals surface area (Å²) in [6.45, 7) is 0.718. The standard InChI is InChI=1S/C9H14O3/c1-11-7-5-9(10,6-7)8-3-2-4-12-8/h3,7,10H,2,4-6H2,1H3. The van der Waals surface area contributed by atoms with Gasteiger partial charge in [0.05, 0.1) is 12.7 Å². The average Bonchev–Trinajstić information content (AvgIpc) is 2.50. The predicted molar refractivity (Wildman–Crippen MR) is 43.6 cm³/mol. The van der Waals surface area contributed by atoms with Gasteiger partial charge in [-0.1, -0.05) is 0 Å². The largest absolute Gasteiger partial charge is 0.495 e. The van der Waals surface area contributed by atoms with E-state index in [0.29, 0.717) is 12.8 Å². The maximum Gasteiger partial charge on any atom is 0.126 e. The highest BCUT2D eigenvalue weighted by Crippen LogP contribution is 2.41. The number of ether oxygens (including phenoxy) is 2. The molecule has 2 aliphatic rings. The van der Waals surface area contributed by atoms with E-state index < -0.39 is 5.60 Å². The molecule has 0 aromatic heterocycles. The van der Waals surface area contributed by atoms with Gasteiger partial charge in [-0.05, 0) is 6.08 Å². The van der Waals surface area contributed by atoms with Gasteiger partial charge in [0.1, 0.15) is 11.4 Å². The first kappa shape index (κ1) is 8.08. The minimum atomic E-state index is -0.711. The molecule has 3 nitrogen and oxygen atoms in total. The van der Waals surface area contributed by atoms with Gasteiger partial charge in [0.2, 0.25) is 0 Å². The van der Waals surface area contributed by atoms with Crippen LogP contribution in [0.2, 0.25) is 0 Å². The SMILES string of the molecule is COC1CC(O)(C2=CCCO2)C1. The normalized spacial score (nSPS) is 40.2. The van der Waals surface area contributed by atoms with Crippen molar-refractivity contribution in [1.29, 1.82) is 0 Å². The summed E-state index contributed by atoms with van der Waals surface area (Å²) in [5.41, 5.74) is -0.711. The van der Waals surface area contributed by atoms with E-state index in [0.717, 1.165) is 18.8 Å². The molecule has 0 unspecified atom stereocenters. The van der Waals surface area contributed by atoms with E-state index in [2.05, 4.69) is 0 Å². The molecule has 1 heterocycles. The Bertz CT molecular complexity index is 204. The molecule has 1 saturated carbocycles. The van der Waals surface area contributed by atoms with Gasteiger partial charge in [0.25, 0.3) is 0 Å². The molecule has 3 heteroatoms. The van der Waals surface area contributed by atoms with Gasteiger partial charge in [-0.15, -0.1) is 0 Å². The average molecular weight is 170 g/mol. The Kier molecular flexibility index (Phi) is 1.85. The lowest BCUT2D eigenvalue weighted by atomic mass is 9.76. The van der Waals surface area contributed by atoms with Gasteiger partial charge in [-0.25, -0.2) is 0 Å². The lowest BCUT2D eigenvalue weighted by Gasteiger charge is -2.42. The van der Waals surface area contributed by atoms with E-state index in [9.17, 15) is 5.11 Å². The van der Waals surface area contributed by atoms with Crippen LogP contribution >= 0.6 is 0 Å². The van der Waals surface area contributed by atoms with Crippen molar-refractivity contribution in [3.05, 3.63) is 11.8 Å². The van der Waals surface area contributed by atoms with Gasteiger partial charge in [-0.2, -0.15) is 0 Å². The van der Waals surface area contributed by atoms with Crippen molar-refractivity contribution in [3.63, 3.8) is 0 Å². The van der Waals surface area contributed by atoms with Gasteiger partial charge >= 0.3 is 0 Å². The van der Waals surface area contributed by atoms with Crippen LogP contribution in [0.1, 0.15) is 19.3 Å². The molecule has 0 atom stereocenters. The number of hydrogen-bond acceptors (Lipinski definition) is 3. The van der Waals surface area contributed by atoms with Crippen LogP contribution in [0.15, 0.2) is 11.8 Å².